The van der Waals surface area contributed by atoms with Crippen LogP contribution in [0.15, 0.2) is 11.6 Å². The Hall–Kier alpha value is -0.630. The molecule has 0 aromatic heterocycles. The van der Waals surface area contributed by atoms with E-state index in [0.29, 0.717) is 6.42 Å². The lowest BCUT2D eigenvalue weighted by Gasteiger charge is -2.05. The number of hydrogen-bond donors (Lipinski definition) is 1. The zero-order valence-electron chi connectivity index (χ0n) is 6.72. The van der Waals surface area contributed by atoms with Crippen molar-refractivity contribution in [3.8, 4) is 0 Å². The van der Waals surface area contributed by atoms with E-state index in [2.05, 4.69) is 0 Å². The van der Waals surface area contributed by atoms with E-state index in [4.69, 9.17) is 5.11 Å². The third-order valence-electron chi connectivity index (χ3n) is 1.34. The predicted molar refractivity (Wildman–Crippen MR) is 40.7 cm³/mol. The average molecular weight is 142 g/mol. The van der Waals surface area contributed by atoms with Crippen LogP contribution in [0.2, 0.25) is 0 Å². The van der Waals surface area contributed by atoms with Crippen LogP contribution in [0, 0.1) is 0 Å². The van der Waals surface area contributed by atoms with E-state index < -0.39 is 6.10 Å². The summed E-state index contributed by atoms with van der Waals surface area (Å²) >= 11 is 0. The third kappa shape index (κ3) is 3.41. The molecule has 0 bridgehead atoms. The molecule has 0 aliphatic carbocycles. The van der Waals surface area contributed by atoms with Crippen molar-refractivity contribution in [2.45, 2.75) is 33.3 Å². The van der Waals surface area contributed by atoms with Gasteiger partial charge in [0.15, 0.2) is 5.78 Å². The summed E-state index contributed by atoms with van der Waals surface area (Å²) in [6.45, 7) is 5.11. The Balaban J connectivity index is 4.04. The second kappa shape index (κ2) is 4.23. The largest absolute Gasteiger partial charge is 0.389 e. The van der Waals surface area contributed by atoms with Gasteiger partial charge < -0.3 is 5.11 Å². The molecule has 0 saturated carbocycles. The van der Waals surface area contributed by atoms with Crippen LogP contribution >= 0.6 is 0 Å². The summed E-state index contributed by atoms with van der Waals surface area (Å²) in [7, 11) is 0. The summed E-state index contributed by atoms with van der Waals surface area (Å²) < 4.78 is 0. The van der Waals surface area contributed by atoms with E-state index in [1.165, 1.54) is 13.0 Å². The molecule has 0 radical (unpaired) electrons. The number of aliphatic hydroxyl groups excluding tert-OH is 1. The zero-order chi connectivity index (χ0) is 8.15. The number of hydrogen-bond acceptors (Lipinski definition) is 2. The van der Waals surface area contributed by atoms with Gasteiger partial charge in [-0.25, -0.2) is 0 Å². The molecule has 58 valence electrons. The first kappa shape index (κ1) is 9.37. The minimum atomic E-state index is -0.455. The SMILES string of the molecule is CCC(O)/C(C)=C/C(C)=O. The highest BCUT2D eigenvalue weighted by molar-refractivity contribution is 5.87. The zero-order valence-corrected chi connectivity index (χ0v) is 6.72. The maximum atomic E-state index is 10.5. The van der Waals surface area contributed by atoms with Crippen molar-refractivity contribution in [1.82, 2.24) is 0 Å². The van der Waals surface area contributed by atoms with Gasteiger partial charge in [-0.2, -0.15) is 0 Å². The number of ketones is 1. The van der Waals surface area contributed by atoms with Crippen LogP contribution in [0.5, 0.6) is 0 Å². The number of rotatable bonds is 3. The van der Waals surface area contributed by atoms with E-state index in [0.717, 1.165) is 5.57 Å². The highest BCUT2D eigenvalue weighted by atomic mass is 16.3. The first-order chi connectivity index (χ1) is 4.57. The fourth-order valence-corrected chi connectivity index (χ4v) is 0.739. The molecule has 0 amide bonds. The van der Waals surface area contributed by atoms with E-state index in [1.807, 2.05) is 6.92 Å². The van der Waals surface area contributed by atoms with Gasteiger partial charge >= 0.3 is 0 Å². The summed E-state index contributed by atoms with van der Waals surface area (Å²) in [6, 6.07) is 0. The number of aliphatic hydroxyl groups is 1. The fraction of sp³-hybridized carbons (Fsp3) is 0.625. The monoisotopic (exact) mass is 142 g/mol. The molecule has 0 aromatic carbocycles. The average Bonchev–Trinajstić information content (AvgIpc) is 1.85. The van der Waals surface area contributed by atoms with Crippen molar-refractivity contribution < 1.29 is 9.90 Å². The molecule has 0 fully saturated rings. The topological polar surface area (TPSA) is 37.3 Å². The van der Waals surface area contributed by atoms with E-state index >= 15 is 0 Å². The van der Waals surface area contributed by atoms with Crippen molar-refractivity contribution in [3.05, 3.63) is 11.6 Å². The highest BCUT2D eigenvalue weighted by Crippen LogP contribution is 2.03. The van der Waals surface area contributed by atoms with Crippen LogP contribution in [0.25, 0.3) is 0 Å². The first-order valence-electron chi connectivity index (χ1n) is 3.44. The van der Waals surface area contributed by atoms with Crippen molar-refractivity contribution in [3.63, 3.8) is 0 Å². The predicted octanol–water partition coefficient (Wildman–Crippen LogP) is 1.29. The number of allylic oxidation sites excluding steroid dienone is 1. The lowest BCUT2D eigenvalue weighted by atomic mass is 10.1. The van der Waals surface area contributed by atoms with Crippen LogP contribution in [0.3, 0.4) is 0 Å². The van der Waals surface area contributed by atoms with Crippen molar-refractivity contribution in [2.24, 2.45) is 0 Å². The third-order valence-corrected chi connectivity index (χ3v) is 1.34. The molecule has 10 heavy (non-hydrogen) atoms. The molecule has 0 heterocycles. The smallest absolute Gasteiger partial charge is 0.152 e. The standard InChI is InChI=1S/C8H14O2/c1-4-8(10)6(2)5-7(3)9/h5,8,10H,4H2,1-3H3/b6-5+. The van der Waals surface area contributed by atoms with Gasteiger partial charge in [0.2, 0.25) is 0 Å². The lowest BCUT2D eigenvalue weighted by Crippen LogP contribution is -2.06. The molecule has 2 nitrogen and oxygen atoms in total. The van der Waals surface area contributed by atoms with Gasteiger partial charge in [0.25, 0.3) is 0 Å². The maximum Gasteiger partial charge on any atom is 0.152 e. The Morgan fingerprint density at radius 3 is 2.40 bits per heavy atom. The Bertz CT molecular complexity index is 147. The van der Waals surface area contributed by atoms with E-state index in [1.54, 1.807) is 6.92 Å². The van der Waals surface area contributed by atoms with Gasteiger partial charge in [-0.1, -0.05) is 6.92 Å². The fourth-order valence-electron chi connectivity index (χ4n) is 0.739. The lowest BCUT2D eigenvalue weighted by molar-refractivity contribution is -0.112. The Morgan fingerprint density at radius 2 is 2.10 bits per heavy atom. The Kier molecular flexibility index (Phi) is 3.96. The molecular formula is C8H14O2. The highest BCUT2D eigenvalue weighted by Gasteiger charge is 2.02. The van der Waals surface area contributed by atoms with E-state index in [-0.39, 0.29) is 5.78 Å². The normalized spacial score (nSPS) is 15.0. The second-order valence-corrected chi connectivity index (χ2v) is 2.42. The first-order valence-corrected chi connectivity index (χ1v) is 3.44. The molecule has 0 aliphatic heterocycles. The van der Waals surface area contributed by atoms with E-state index in [9.17, 15) is 4.79 Å². The molecule has 2 heteroatoms. The summed E-state index contributed by atoms with van der Waals surface area (Å²) in [5, 5.41) is 9.15. The molecular weight excluding hydrogens is 128 g/mol. The molecule has 1 unspecified atom stereocenters. The van der Waals surface area contributed by atoms with Gasteiger partial charge in [-0.15, -0.1) is 0 Å². The Labute approximate surface area is 61.6 Å². The second-order valence-electron chi connectivity index (χ2n) is 2.42. The van der Waals surface area contributed by atoms with Gasteiger partial charge in [-0.3, -0.25) is 4.79 Å². The van der Waals surface area contributed by atoms with Crippen LogP contribution in [0.4, 0.5) is 0 Å². The summed E-state index contributed by atoms with van der Waals surface area (Å²) in [4.78, 5) is 10.5. The summed E-state index contributed by atoms with van der Waals surface area (Å²) in [5.74, 6) is -0.00926. The van der Waals surface area contributed by atoms with Gasteiger partial charge in [-0.05, 0) is 31.9 Å². The number of carbonyl (C=O) groups is 1. The minimum Gasteiger partial charge on any atom is -0.389 e. The van der Waals surface area contributed by atoms with Gasteiger partial charge in [0.1, 0.15) is 0 Å². The molecule has 1 N–H and O–H groups in total. The maximum absolute atomic E-state index is 10.5. The van der Waals surface area contributed by atoms with Crippen LogP contribution < -0.4 is 0 Å². The number of carbonyl (C=O) groups excluding carboxylic acids is 1. The van der Waals surface area contributed by atoms with Gasteiger partial charge in [0, 0.05) is 0 Å². The van der Waals surface area contributed by atoms with Crippen LogP contribution in [0.1, 0.15) is 27.2 Å². The molecule has 0 saturated heterocycles. The molecule has 0 rings (SSSR count). The molecule has 0 spiro atoms. The quantitative estimate of drug-likeness (QED) is 0.603. The molecule has 1 atom stereocenters. The molecule has 0 aromatic rings. The minimum absolute atomic E-state index is 0.00926. The van der Waals surface area contributed by atoms with Crippen molar-refractivity contribution in [2.75, 3.05) is 0 Å². The van der Waals surface area contributed by atoms with Gasteiger partial charge in [0.05, 0.1) is 6.10 Å². The van der Waals surface area contributed by atoms with Crippen molar-refractivity contribution >= 4 is 5.78 Å². The van der Waals surface area contributed by atoms with Crippen molar-refractivity contribution in [1.29, 1.82) is 0 Å². The molecule has 0 aliphatic rings. The van der Waals surface area contributed by atoms with Crippen LogP contribution in [-0.2, 0) is 4.79 Å². The summed E-state index contributed by atoms with van der Waals surface area (Å²) in [5.41, 5.74) is 0.745. The Morgan fingerprint density at radius 1 is 1.60 bits per heavy atom. The van der Waals surface area contributed by atoms with Crippen LogP contribution in [-0.4, -0.2) is 17.0 Å². The summed E-state index contributed by atoms with van der Waals surface area (Å²) in [6.07, 6.45) is 1.67.